The zero-order chi connectivity index (χ0) is 17.2. The van der Waals surface area contributed by atoms with Crippen LogP contribution < -0.4 is 11.1 Å². The van der Waals surface area contributed by atoms with Crippen LogP contribution in [0.4, 0.5) is 0 Å². The molecule has 0 unspecified atom stereocenters. The lowest BCUT2D eigenvalue weighted by Gasteiger charge is -2.32. The highest BCUT2D eigenvalue weighted by molar-refractivity contribution is 5.78. The number of nitrogens with zero attached hydrogens (tertiary/aromatic N) is 2. The summed E-state index contributed by atoms with van der Waals surface area (Å²) in [6.45, 7) is 8.11. The highest BCUT2D eigenvalue weighted by atomic mass is 16.2. The molecule has 0 aliphatic carbocycles. The van der Waals surface area contributed by atoms with Crippen LogP contribution in [-0.2, 0) is 11.2 Å². The molecule has 0 aromatic heterocycles. The molecule has 0 atom stereocenters. The highest BCUT2D eigenvalue weighted by Crippen LogP contribution is 2.09. The molecule has 3 N–H and O–H groups in total. The topological polar surface area (TPSA) is 61.6 Å². The van der Waals surface area contributed by atoms with E-state index in [0.29, 0.717) is 19.1 Å². The third-order valence-corrected chi connectivity index (χ3v) is 4.77. The molecule has 0 radical (unpaired) electrons. The van der Waals surface area contributed by atoms with Crippen molar-refractivity contribution in [3.63, 3.8) is 0 Å². The van der Waals surface area contributed by atoms with E-state index in [0.717, 1.165) is 52.0 Å². The first-order valence-electron chi connectivity index (χ1n) is 9.19. The van der Waals surface area contributed by atoms with E-state index < -0.39 is 0 Å². The minimum absolute atomic E-state index is 0.131. The molecular weight excluding hydrogens is 300 g/mol. The van der Waals surface area contributed by atoms with Crippen molar-refractivity contribution in [2.45, 2.75) is 32.2 Å². The summed E-state index contributed by atoms with van der Waals surface area (Å²) in [5.41, 5.74) is 7.01. The van der Waals surface area contributed by atoms with E-state index in [1.54, 1.807) is 0 Å². The minimum atomic E-state index is 0.131. The number of carbonyl (C=O) groups excluding carboxylic acids is 1. The molecule has 5 nitrogen and oxygen atoms in total. The van der Waals surface area contributed by atoms with Gasteiger partial charge >= 0.3 is 0 Å². The molecule has 1 saturated heterocycles. The summed E-state index contributed by atoms with van der Waals surface area (Å²) in [6.07, 6.45) is 3.06. The Morgan fingerprint density at radius 3 is 2.58 bits per heavy atom. The summed E-state index contributed by atoms with van der Waals surface area (Å²) in [7, 11) is 0. The fourth-order valence-electron chi connectivity index (χ4n) is 3.25. The summed E-state index contributed by atoms with van der Waals surface area (Å²) in [5, 5.41) is 3.20. The maximum atomic E-state index is 12.4. The predicted molar refractivity (Wildman–Crippen MR) is 98.9 cm³/mol. The first kappa shape index (κ1) is 18.9. The summed E-state index contributed by atoms with van der Waals surface area (Å²) in [4.78, 5) is 16.9. The van der Waals surface area contributed by atoms with Crippen LogP contribution in [0.15, 0.2) is 30.3 Å². The van der Waals surface area contributed by atoms with E-state index >= 15 is 0 Å². The summed E-state index contributed by atoms with van der Waals surface area (Å²) < 4.78 is 0. The van der Waals surface area contributed by atoms with E-state index in [9.17, 15) is 4.79 Å². The lowest BCUT2D eigenvalue weighted by atomic mass is 10.1. The first-order valence-corrected chi connectivity index (χ1v) is 9.19. The fraction of sp³-hybridized carbons (Fsp3) is 0.632. The average molecular weight is 332 g/mol. The number of piperidine rings is 1. The van der Waals surface area contributed by atoms with Crippen molar-refractivity contribution in [1.82, 2.24) is 15.1 Å². The number of amides is 1. The molecule has 1 aliphatic rings. The van der Waals surface area contributed by atoms with Gasteiger partial charge in [0.1, 0.15) is 0 Å². The van der Waals surface area contributed by atoms with Gasteiger partial charge in [-0.15, -0.1) is 0 Å². The molecule has 1 fully saturated rings. The number of nitrogens with two attached hydrogens (primary N) is 1. The molecule has 24 heavy (non-hydrogen) atoms. The maximum Gasteiger partial charge on any atom is 0.234 e. The standard InChI is InChI=1S/C19H32N4O/c1-2-22-13-9-18(10-14-22)21-19(24)16-23(15-11-20)12-8-17-6-4-3-5-7-17/h3-7,18H,2,8-16,20H2,1H3,(H,21,24). The van der Waals surface area contributed by atoms with Crippen molar-refractivity contribution in [2.75, 3.05) is 45.8 Å². The molecule has 0 bridgehead atoms. The quantitative estimate of drug-likeness (QED) is 0.711. The molecule has 1 aliphatic heterocycles. The average Bonchev–Trinajstić information content (AvgIpc) is 2.61. The van der Waals surface area contributed by atoms with Crippen molar-refractivity contribution in [1.29, 1.82) is 0 Å². The second-order valence-corrected chi connectivity index (χ2v) is 6.58. The van der Waals surface area contributed by atoms with Crippen LogP contribution in [0.5, 0.6) is 0 Å². The number of benzene rings is 1. The van der Waals surface area contributed by atoms with Crippen LogP contribution in [0.2, 0.25) is 0 Å². The fourth-order valence-corrected chi connectivity index (χ4v) is 3.25. The van der Waals surface area contributed by atoms with Gasteiger partial charge in [-0.05, 0) is 31.4 Å². The molecule has 5 heteroatoms. The lowest BCUT2D eigenvalue weighted by molar-refractivity contribution is -0.123. The van der Waals surface area contributed by atoms with E-state index in [-0.39, 0.29) is 5.91 Å². The molecule has 1 amide bonds. The first-order chi connectivity index (χ1) is 11.7. The van der Waals surface area contributed by atoms with Crippen LogP contribution in [0.3, 0.4) is 0 Å². The van der Waals surface area contributed by atoms with Gasteiger partial charge in [-0.3, -0.25) is 9.69 Å². The van der Waals surface area contributed by atoms with Crippen molar-refractivity contribution >= 4 is 5.91 Å². The SMILES string of the molecule is CCN1CCC(NC(=O)CN(CCN)CCc2ccccc2)CC1. The number of hydrogen-bond acceptors (Lipinski definition) is 4. The molecule has 0 spiro atoms. The van der Waals surface area contributed by atoms with Crippen LogP contribution in [0, 0.1) is 0 Å². The zero-order valence-corrected chi connectivity index (χ0v) is 14.9. The Balaban J connectivity index is 1.74. The lowest BCUT2D eigenvalue weighted by Crippen LogP contribution is -2.48. The third-order valence-electron chi connectivity index (χ3n) is 4.77. The Kier molecular flexibility index (Phi) is 8.22. The van der Waals surface area contributed by atoms with E-state index in [4.69, 9.17) is 5.73 Å². The van der Waals surface area contributed by atoms with Gasteiger partial charge in [-0.1, -0.05) is 37.3 Å². The third kappa shape index (κ3) is 6.59. The van der Waals surface area contributed by atoms with Crippen molar-refractivity contribution in [3.05, 3.63) is 35.9 Å². The van der Waals surface area contributed by atoms with Gasteiger partial charge in [0.05, 0.1) is 6.54 Å². The number of carbonyl (C=O) groups is 1. The van der Waals surface area contributed by atoms with Crippen LogP contribution in [0.1, 0.15) is 25.3 Å². The molecule has 2 rings (SSSR count). The summed E-state index contributed by atoms with van der Waals surface area (Å²) >= 11 is 0. The Morgan fingerprint density at radius 2 is 1.96 bits per heavy atom. The Hall–Kier alpha value is -1.43. The summed E-state index contributed by atoms with van der Waals surface area (Å²) in [5.74, 6) is 0.131. The molecule has 0 saturated carbocycles. The van der Waals surface area contributed by atoms with E-state index in [1.807, 2.05) is 6.07 Å². The van der Waals surface area contributed by atoms with Crippen LogP contribution >= 0.6 is 0 Å². The molecule has 1 heterocycles. The number of rotatable bonds is 9. The highest BCUT2D eigenvalue weighted by Gasteiger charge is 2.20. The van der Waals surface area contributed by atoms with Crippen molar-refractivity contribution in [3.8, 4) is 0 Å². The van der Waals surface area contributed by atoms with Gasteiger partial charge < -0.3 is 16.0 Å². The smallest absolute Gasteiger partial charge is 0.234 e. The van der Waals surface area contributed by atoms with Crippen LogP contribution in [-0.4, -0.2) is 67.6 Å². The second-order valence-electron chi connectivity index (χ2n) is 6.58. The van der Waals surface area contributed by atoms with E-state index in [1.165, 1.54) is 5.56 Å². The maximum absolute atomic E-state index is 12.4. The number of hydrogen-bond donors (Lipinski definition) is 2. The van der Waals surface area contributed by atoms with Gasteiger partial charge in [0.15, 0.2) is 0 Å². The molecule has 1 aromatic rings. The minimum Gasteiger partial charge on any atom is -0.352 e. The zero-order valence-electron chi connectivity index (χ0n) is 14.9. The molecule has 1 aromatic carbocycles. The second kappa shape index (κ2) is 10.4. The van der Waals surface area contributed by atoms with Crippen molar-refractivity contribution in [2.24, 2.45) is 5.73 Å². The van der Waals surface area contributed by atoms with Crippen LogP contribution in [0.25, 0.3) is 0 Å². The van der Waals surface area contributed by atoms with E-state index in [2.05, 4.69) is 46.3 Å². The molecular formula is C19H32N4O. The Morgan fingerprint density at radius 1 is 1.25 bits per heavy atom. The monoisotopic (exact) mass is 332 g/mol. The Labute approximate surface area is 146 Å². The predicted octanol–water partition coefficient (Wildman–Crippen LogP) is 1.09. The normalized spacial score (nSPS) is 16.5. The van der Waals surface area contributed by atoms with Crippen molar-refractivity contribution < 1.29 is 4.79 Å². The number of likely N-dealkylation sites (tertiary alicyclic amines) is 1. The van der Waals surface area contributed by atoms with Gasteiger partial charge in [0.25, 0.3) is 0 Å². The number of nitrogens with one attached hydrogen (secondary N) is 1. The van der Waals surface area contributed by atoms with Gasteiger partial charge in [-0.25, -0.2) is 0 Å². The van der Waals surface area contributed by atoms with Gasteiger partial charge in [-0.2, -0.15) is 0 Å². The largest absolute Gasteiger partial charge is 0.352 e. The summed E-state index contributed by atoms with van der Waals surface area (Å²) in [6, 6.07) is 10.7. The van der Waals surface area contributed by atoms with Gasteiger partial charge in [0, 0.05) is 38.8 Å². The molecule has 134 valence electrons. The Bertz CT molecular complexity index is 472. The van der Waals surface area contributed by atoms with Gasteiger partial charge in [0.2, 0.25) is 5.91 Å².